The summed E-state index contributed by atoms with van der Waals surface area (Å²) in [5, 5.41) is 7.88. The molecular weight excluding hydrogens is 240 g/mol. The molecule has 6 nitrogen and oxygen atoms in total. The van der Waals surface area contributed by atoms with E-state index in [1.54, 1.807) is 17.8 Å². The maximum atomic E-state index is 11.3. The molecule has 0 saturated heterocycles. The van der Waals surface area contributed by atoms with Crippen LogP contribution in [0.2, 0.25) is 0 Å². The predicted octanol–water partition coefficient (Wildman–Crippen LogP) is 0.513. The zero-order valence-electron chi connectivity index (χ0n) is 10.3. The molecule has 17 heavy (non-hydrogen) atoms. The summed E-state index contributed by atoms with van der Waals surface area (Å²) < 4.78 is 24.2. The lowest BCUT2D eigenvalue weighted by Crippen LogP contribution is -2.11. The first-order valence-electron chi connectivity index (χ1n) is 5.84. The molecule has 98 valence electrons. The van der Waals surface area contributed by atoms with Gasteiger partial charge in [-0.2, -0.15) is 0 Å². The number of aromatic nitrogens is 3. The third-order valence-corrected chi connectivity index (χ3v) is 4.45. The molecule has 0 aromatic carbocycles. The standard InChI is InChI=1S/C10H20N4O2S/c1-3-9(11)10-8-14(13-12-10)6-5-7-17(15,16)4-2/h8-9H,3-7,11H2,1-2H3. The smallest absolute Gasteiger partial charge is 0.150 e. The highest BCUT2D eigenvalue weighted by atomic mass is 32.2. The summed E-state index contributed by atoms with van der Waals surface area (Å²) in [7, 11) is -2.89. The normalized spacial score (nSPS) is 13.8. The minimum atomic E-state index is -2.89. The molecule has 1 aromatic heterocycles. The number of rotatable bonds is 7. The van der Waals surface area contributed by atoms with Crippen molar-refractivity contribution < 1.29 is 8.42 Å². The van der Waals surface area contributed by atoms with E-state index in [0.717, 1.165) is 12.1 Å². The lowest BCUT2D eigenvalue weighted by molar-refractivity contribution is 0.562. The molecule has 1 aromatic rings. The zero-order valence-corrected chi connectivity index (χ0v) is 11.2. The van der Waals surface area contributed by atoms with E-state index in [0.29, 0.717) is 13.0 Å². The van der Waals surface area contributed by atoms with Gasteiger partial charge in [0.25, 0.3) is 0 Å². The van der Waals surface area contributed by atoms with Crippen LogP contribution in [-0.4, -0.2) is 34.9 Å². The second kappa shape index (κ2) is 6.11. The Kier molecular flexibility index (Phi) is 5.07. The largest absolute Gasteiger partial charge is 0.323 e. The number of nitrogens with two attached hydrogens (primary N) is 1. The van der Waals surface area contributed by atoms with E-state index >= 15 is 0 Å². The van der Waals surface area contributed by atoms with Gasteiger partial charge in [-0.15, -0.1) is 5.10 Å². The average Bonchev–Trinajstić information content (AvgIpc) is 2.76. The quantitative estimate of drug-likeness (QED) is 0.771. The Labute approximate surface area is 102 Å². The summed E-state index contributed by atoms with van der Waals surface area (Å²) in [5.74, 6) is 0.384. The van der Waals surface area contributed by atoms with Gasteiger partial charge in [0.15, 0.2) is 0 Å². The van der Waals surface area contributed by atoms with Crippen LogP contribution in [0.3, 0.4) is 0 Å². The van der Waals surface area contributed by atoms with E-state index in [-0.39, 0.29) is 17.5 Å². The molecule has 0 amide bonds. The molecule has 1 heterocycles. The fourth-order valence-corrected chi connectivity index (χ4v) is 2.25. The molecular formula is C10H20N4O2S. The summed E-state index contributed by atoms with van der Waals surface area (Å²) in [6.07, 6.45) is 3.15. The Hall–Kier alpha value is -0.950. The van der Waals surface area contributed by atoms with Crippen LogP contribution in [-0.2, 0) is 16.4 Å². The average molecular weight is 260 g/mol. The van der Waals surface area contributed by atoms with E-state index < -0.39 is 9.84 Å². The number of nitrogens with zero attached hydrogens (tertiary/aromatic N) is 3. The Bertz CT molecular complexity index is 441. The van der Waals surface area contributed by atoms with Gasteiger partial charge in [0.05, 0.1) is 23.7 Å². The Morgan fingerprint density at radius 2 is 2.18 bits per heavy atom. The lowest BCUT2D eigenvalue weighted by atomic mass is 10.2. The predicted molar refractivity (Wildman–Crippen MR) is 66.2 cm³/mol. The zero-order chi connectivity index (χ0) is 12.9. The van der Waals surface area contributed by atoms with Gasteiger partial charge in [-0.25, -0.2) is 8.42 Å². The number of sulfone groups is 1. The van der Waals surface area contributed by atoms with Gasteiger partial charge in [-0.1, -0.05) is 19.1 Å². The molecule has 7 heteroatoms. The van der Waals surface area contributed by atoms with Crippen LogP contribution in [0.4, 0.5) is 0 Å². The summed E-state index contributed by atoms with van der Waals surface area (Å²) in [4.78, 5) is 0. The highest BCUT2D eigenvalue weighted by Crippen LogP contribution is 2.09. The minimum absolute atomic E-state index is 0.0943. The number of hydrogen-bond acceptors (Lipinski definition) is 5. The highest BCUT2D eigenvalue weighted by molar-refractivity contribution is 7.91. The Morgan fingerprint density at radius 3 is 2.76 bits per heavy atom. The van der Waals surface area contributed by atoms with Crippen molar-refractivity contribution in [2.75, 3.05) is 11.5 Å². The molecule has 0 aliphatic rings. The monoisotopic (exact) mass is 260 g/mol. The molecule has 1 unspecified atom stereocenters. The third-order valence-electron chi connectivity index (χ3n) is 2.66. The summed E-state index contributed by atoms with van der Waals surface area (Å²) in [6.45, 7) is 4.20. The molecule has 0 radical (unpaired) electrons. The second-order valence-corrected chi connectivity index (χ2v) is 6.48. The molecule has 1 rings (SSSR count). The van der Waals surface area contributed by atoms with Crippen molar-refractivity contribution in [1.29, 1.82) is 0 Å². The van der Waals surface area contributed by atoms with Gasteiger partial charge in [-0.05, 0) is 12.8 Å². The highest BCUT2D eigenvalue weighted by Gasteiger charge is 2.10. The van der Waals surface area contributed by atoms with Crippen molar-refractivity contribution >= 4 is 9.84 Å². The number of aryl methyl sites for hydroxylation is 1. The van der Waals surface area contributed by atoms with Gasteiger partial charge >= 0.3 is 0 Å². The first-order valence-corrected chi connectivity index (χ1v) is 7.66. The van der Waals surface area contributed by atoms with Crippen LogP contribution < -0.4 is 5.73 Å². The molecule has 0 aliphatic carbocycles. The summed E-state index contributed by atoms with van der Waals surface area (Å²) in [5.41, 5.74) is 6.57. The Balaban J connectivity index is 2.45. The van der Waals surface area contributed by atoms with Gasteiger partial charge in [0.2, 0.25) is 0 Å². The molecule has 0 bridgehead atoms. The second-order valence-electron chi connectivity index (χ2n) is 4.01. The molecule has 0 spiro atoms. The van der Waals surface area contributed by atoms with Crippen LogP contribution in [0.25, 0.3) is 0 Å². The SMILES string of the molecule is CCC(N)c1cn(CCCS(=O)(=O)CC)nn1. The first kappa shape index (κ1) is 14.1. The molecule has 0 aliphatic heterocycles. The maximum Gasteiger partial charge on any atom is 0.150 e. The maximum absolute atomic E-state index is 11.3. The number of hydrogen-bond donors (Lipinski definition) is 1. The van der Waals surface area contributed by atoms with Crippen LogP contribution >= 0.6 is 0 Å². The van der Waals surface area contributed by atoms with E-state index in [2.05, 4.69) is 10.3 Å². The van der Waals surface area contributed by atoms with E-state index in [4.69, 9.17) is 5.73 Å². The first-order chi connectivity index (χ1) is 7.98. The van der Waals surface area contributed by atoms with Crippen LogP contribution in [0.5, 0.6) is 0 Å². The van der Waals surface area contributed by atoms with Crippen LogP contribution in [0.1, 0.15) is 38.4 Å². The third kappa shape index (κ3) is 4.43. The fourth-order valence-electron chi connectivity index (χ4n) is 1.39. The van der Waals surface area contributed by atoms with Crippen molar-refractivity contribution in [2.24, 2.45) is 5.73 Å². The van der Waals surface area contributed by atoms with Crippen molar-refractivity contribution in [3.8, 4) is 0 Å². The van der Waals surface area contributed by atoms with Crippen molar-refractivity contribution in [3.05, 3.63) is 11.9 Å². The van der Waals surface area contributed by atoms with Gasteiger partial charge in [0.1, 0.15) is 9.84 Å². The van der Waals surface area contributed by atoms with E-state index in [1.165, 1.54) is 0 Å². The summed E-state index contributed by atoms with van der Waals surface area (Å²) in [6, 6.07) is -0.0943. The van der Waals surface area contributed by atoms with Crippen LogP contribution in [0, 0.1) is 0 Å². The van der Waals surface area contributed by atoms with Crippen molar-refractivity contribution in [3.63, 3.8) is 0 Å². The van der Waals surface area contributed by atoms with E-state index in [9.17, 15) is 8.42 Å². The Morgan fingerprint density at radius 1 is 1.47 bits per heavy atom. The van der Waals surface area contributed by atoms with Gasteiger partial charge < -0.3 is 5.73 Å². The molecule has 0 saturated carbocycles. The lowest BCUT2D eigenvalue weighted by Gasteiger charge is -2.02. The molecule has 0 fully saturated rings. The fraction of sp³-hybridized carbons (Fsp3) is 0.800. The summed E-state index contributed by atoms with van der Waals surface area (Å²) >= 11 is 0. The van der Waals surface area contributed by atoms with Crippen LogP contribution in [0.15, 0.2) is 6.20 Å². The van der Waals surface area contributed by atoms with Gasteiger partial charge in [0, 0.05) is 12.3 Å². The topological polar surface area (TPSA) is 90.9 Å². The van der Waals surface area contributed by atoms with Crippen molar-refractivity contribution in [2.45, 2.75) is 39.3 Å². The molecule has 1 atom stereocenters. The van der Waals surface area contributed by atoms with Gasteiger partial charge in [-0.3, -0.25) is 4.68 Å². The minimum Gasteiger partial charge on any atom is -0.323 e. The van der Waals surface area contributed by atoms with E-state index in [1.807, 2.05) is 6.92 Å². The van der Waals surface area contributed by atoms with Crippen molar-refractivity contribution in [1.82, 2.24) is 15.0 Å². The molecule has 2 N–H and O–H groups in total.